The first-order valence-electron chi connectivity index (χ1n) is 12.1. The molecule has 36 heavy (non-hydrogen) atoms. The lowest BCUT2D eigenvalue weighted by molar-refractivity contribution is -0.121. The summed E-state index contributed by atoms with van der Waals surface area (Å²) in [5.74, 6) is 1.22. The minimum absolute atomic E-state index is 0.0450. The lowest BCUT2D eigenvalue weighted by Gasteiger charge is -2.43. The lowest BCUT2D eigenvalue weighted by atomic mass is 9.69. The van der Waals surface area contributed by atoms with Crippen LogP contribution in [0, 0.1) is 5.41 Å². The molecule has 1 unspecified atom stereocenters. The van der Waals surface area contributed by atoms with Crippen molar-refractivity contribution in [1.29, 1.82) is 0 Å². The Kier molecular flexibility index (Phi) is 5.99. The fourth-order valence-corrected chi connectivity index (χ4v) is 5.62. The number of anilines is 1. The molecule has 0 spiro atoms. The Morgan fingerprint density at radius 1 is 0.806 bits per heavy atom. The molecule has 3 aromatic carbocycles. The van der Waals surface area contributed by atoms with Crippen molar-refractivity contribution in [2.24, 2.45) is 5.41 Å². The number of ketones is 1. The molecule has 0 N–H and O–H groups in total. The van der Waals surface area contributed by atoms with E-state index in [-0.39, 0.29) is 23.5 Å². The van der Waals surface area contributed by atoms with Gasteiger partial charge >= 0.3 is 0 Å². The van der Waals surface area contributed by atoms with Crippen molar-refractivity contribution < 1.29 is 23.8 Å². The number of rotatable bonds is 5. The number of hydrogen-bond acceptors (Lipinski definition) is 5. The topological polar surface area (TPSA) is 65.1 Å². The van der Waals surface area contributed by atoms with E-state index in [2.05, 4.69) is 19.9 Å². The van der Waals surface area contributed by atoms with Gasteiger partial charge in [-0.3, -0.25) is 14.5 Å². The predicted octanol–water partition coefficient (Wildman–Crippen LogP) is 6.03. The average Bonchev–Trinajstić information content (AvgIpc) is 2.86. The van der Waals surface area contributed by atoms with Crippen molar-refractivity contribution in [3.05, 3.63) is 71.4 Å². The molecular formula is C30H31NO5. The summed E-state index contributed by atoms with van der Waals surface area (Å²) < 4.78 is 16.7. The van der Waals surface area contributed by atoms with Crippen molar-refractivity contribution >= 4 is 28.2 Å². The van der Waals surface area contributed by atoms with E-state index in [0.717, 1.165) is 27.7 Å². The molecule has 0 fully saturated rings. The smallest absolute Gasteiger partial charge is 0.232 e. The van der Waals surface area contributed by atoms with Crippen LogP contribution in [0.4, 0.5) is 5.69 Å². The van der Waals surface area contributed by atoms with E-state index in [4.69, 9.17) is 14.2 Å². The molecule has 0 radical (unpaired) electrons. The standard InChI is InChI=1S/C30H31NO5/c1-30(2)16-23-29(24(32)17-30)22(21-13-26(35-4)27(36-5)15-25(21)34-3)14-28(33)31(23)20-11-10-18-8-6-7-9-19(18)12-20/h6-13,15,22H,14,16-17H2,1-5H3. The lowest BCUT2D eigenvalue weighted by Crippen LogP contribution is -2.43. The molecule has 5 rings (SSSR count). The second-order valence-electron chi connectivity index (χ2n) is 10.3. The van der Waals surface area contributed by atoms with E-state index in [1.54, 1.807) is 32.3 Å². The van der Waals surface area contributed by atoms with E-state index in [0.29, 0.717) is 35.7 Å². The molecule has 1 aliphatic heterocycles. The van der Waals surface area contributed by atoms with Crippen molar-refractivity contribution in [1.82, 2.24) is 0 Å². The number of hydrogen-bond donors (Lipinski definition) is 0. The number of Topliss-reactive ketones (excluding diaryl/α,β-unsaturated/α-hetero) is 1. The highest BCUT2D eigenvalue weighted by Crippen LogP contribution is 2.51. The van der Waals surface area contributed by atoms with Gasteiger partial charge in [0.25, 0.3) is 0 Å². The molecule has 0 saturated heterocycles. The monoisotopic (exact) mass is 485 g/mol. The zero-order chi connectivity index (χ0) is 25.6. The van der Waals surface area contributed by atoms with Crippen LogP contribution in [0.15, 0.2) is 65.9 Å². The normalized spacial score (nSPS) is 19.4. The molecule has 1 amide bonds. The van der Waals surface area contributed by atoms with Gasteiger partial charge in [0.1, 0.15) is 5.75 Å². The molecule has 1 heterocycles. The van der Waals surface area contributed by atoms with Crippen LogP contribution in [0.25, 0.3) is 10.8 Å². The van der Waals surface area contributed by atoms with Crippen molar-refractivity contribution in [2.45, 2.75) is 39.0 Å². The molecular weight excluding hydrogens is 454 g/mol. The summed E-state index contributed by atoms with van der Waals surface area (Å²) in [6.45, 7) is 4.16. The van der Waals surface area contributed by atoms with E-state index in [1.807, 2.05) is 42.5 Å². The molecule has 186 valence electrons. The predicted molar refractivity (Wildman–Crippen MR) is 140 cm³/mol. The maximum absolute atomic E-state index is 13.8. The van der Waals surface area contributed by atoms with Crippen LogP contribution in [0.3, 0.4) is 0 Å². The SMILES string of the molecule is COc1cc(OC)c(C2CC(=O)N(c3ccc4ccccc4c3)C3=C2C(=O)CC(C)(C)C3)cc1OC. The van der Waals surface area contributed by atoms with Crippen molar-refractivity contribution in [2.75, 3.05) is 26.2 Å². The zero-order valence-corrected chi connectivity index (χ0v) is 21.4. The summed E-state index contributed by atoms with van der Waals surface area (Å²) in [5, 5.41) is 2.16. The van der Waals surface area contributed by atoms with Gasteiger partial charge in [-0.1, -0.05) is 44.2 Å². The van der Waals surface area contributed by atoms with Crippen LogP contribution in [-0.2, 0) is 9.59 Å². The van der Waals surface area contributed by atoms with Crippen LogP contribution in [0.1, 0.15) is 44.6 Å². The third-order valence-corrected chi connectivity index (χ3v) is 7.25. The van der Waals surface area contributed by atoms with Gasteiger partial charge in [-0.15, -0.1) is 0 Å². The number of allylic oxidation sites excluding steroid dienone is 2. The van der Waals surface area contributed by atoms with Gasteiger partial charge in [0.05, 0.1) is 21.3 Å². The van der Waals surface area contributed by atoms with Crippen LogP contribution < -0.4 is 19.1 Å². The summed E-state index contributed by atoms with van der Waals surface area (Å²) in [6.07, 6.45) is 1.21. The quantitative estimate of drug-likeness (QED) is 0.442. The number of ether oxygens (including phenoxy) is 3. The van der Waals surface area contributed by atoms with E-state index >= 15 is 0 Å². The Balaban J connectivity index is 1.71. The fourth-order valence-electron chi connectivity index (χ4n) is 5.62. The number of benzene rings is 3. The molecule has 6 heteroatoms. The van der Waals surface area contributed by atoms with Gasteiger partial charge in [-0.25, -0.2) is 0 Å². The average molecular weight is 486 g/mol. The Labute approximate surface area is 211 Å². The number of amides is 1. The Bertz CT molecular complexity index is 1400. The molecule has 1 atom stereocenters. The molecule has 6 nitrogen and oxygen atoms in total. The van der Waals surface area contributed by atoms with E-state index in [1.165, 1.54) is 0 Å². The Morgan fingerprint density at radius 3 is 2.17 bits per heavy atom. The van der Waals surface area contributed by atoms with Gasteiger partial charge in [0, 0.05) is 47.3 Å². The van der Waals surface area contributed by atoms with Gasteiger partial charge in [0.2, 0.25) is 5.91 Å². The van der Waals surface area contributed by atoms with Gasteiger partial charge in [-0.05, 0) is 40.8 Å². The molecule has 0 saturated carbocycles. The highest BCUT2D eigenvalue weighted by molar-refractivity contribution is 6.08. The summed E-state index contributed by atoms with van der Waals surface area (Å²) in [6, 6.07) is 17.7. The summed E-state index contributed by atoms with van der Waals surface area (Å²) >= 11 is 0. The fraction of sp³-hybridized carbons (Fsp3) is 0.333. The first-order valence-corrected chi connectivity index (χ1v) is 12.1. The number of fused-ring (bicyclic) bond motifs is 1. The zero-order valence-electron chi connectivity index (χ0n) is 21.4. The van der Waals surface area contributed by atoms with Crippen LogP contribution in [0.2, 0.25) is 0 Å². The van der Waals surface area contributed by atoms with E-state index in [9.17, 15) is 9.59 Å². The minimum Gasteiger partial charge on any atom is -0.496 e. The number of methoxy groups -OCH3 is 3. The molecule has 0 aromatic heterocycles. The summed E-state index contributed by atoms with van der Waals surface area (Å²) in [4.78, 5) is 29.3. The first kappa shape index (κ1) is 23.9. The van der Waals surface area contributed by atoms with E-state index < -0.39 is 5.92 Å². The highest BCUT2D eigenvalue weighted by Gasteiger charge is 2.45. The maximum Gasteiger partial charge on any atom is 0.232 e. The number of nitrogens with zero attached hydrogens (tertiary/aromatic N) is 1. The largest absolute Gasteiger partial charge is 0.496 e. The van der Waals surface area contributed by atoms with Gasteiger partial charge in [0.15, 0.2) is 17.3 Å². The Hall–Kier alpha value is -3.80. The second kappa shape index (κ2) is 9.01. The molecule has 1 aliphatic carbocycles. The Morgan fingerprint density at radius 2 is 1.47 bits per heavy atom. The van der Waals surface area contributed by atoms with Crippen molar-refractivity contribution in [3.8, 4) is 17.2 Å². The number of carbonyl (C=O) groups is 2. The maximum atomic E-state index is 13.8. The van der Waals surface area contributed by atoms with Crippen LogP contribution in [0.5, 0.6) is 17.2 Å². The van der Waals surface area contributed by atoms with Gasteiger partial charge in [-0.2, -0.15) is 0 Å². The number of carbonyl (C=O) groups excluding carboxylic acids is 2. The summed E-state index contributed by atoms with van der Waals surface area (Å²) in [5.41, 5.74) is 2.75. The molecule has 2 aliphatic rings. The third kappa shape index (κ3) is 4.00. The third-order valence-electron chi connectivity index (χ3n) is 7.25. The highest BCUT2D eigenvalue weighted by atomic mass is 16.5. The van der Waals surface area contributed by atoms with Crippen LogP contribution in [-0.4, -0.2) is 33.0 Å². The minimum atomic E-state index is -0.428. The van der Waals surface area contributed by atoms with Gasteiger partial charge < -0.3 is 14.2 Å². The second-order valence-corrected chi connectivity index (χ2v) is 10.3. The first-order chi connectivity index (χ1) is 17.3. The molecule has 0 bridgehead atoms. The van der Waals surface area contributed by atoms with Crippen molar-refractivity contribution in [3.63, 3.8) is 0 Å². The molecule has 3 aromatic rings. The summed E-state index contributed by atoms with van der Waals surface area (Å²) in [7, 11) is 4.72. The van der Waals surface area contributed by atoms with Crippen LogP contribution >= 0.6 is 0 Å².